The first kappa shape index (κ1) is 35.0. The van der Waals surface area contributed by atoms with Gasteiger partial charge in [-0.1, -0.05) is 60.2 Å². The van der Waals surface area contributed by atoms with Crippen molar-refractivity contribution in [1.29, 1.82) is 0 Å². The Bertz CT molecular complexity index is 2220. The highest BCUT2D eigenvalue weighted by molar-refractivity contribution is 6.59. The number of amides is 4. The fourth-order valence-corrected chi connectivity index (χ4v) is 9.35. The number of hydrogen-bond acceptors (Lipinski definition) is 8. The summed E-state index contributed by atoms with van der Waals surface area (Å²) < 4.78 is 19.9. The van der Waals surface area contributed by atoms with Crippen LogP contribution in [0, 0.1) is 23.6 Å². The molecule has 0 radical (unpaired) electrons. The summed E-state index contributed by atoms with van der Waals surface area (Å²) in [5.74, 6) is -7.56. The summed E-state index contributed by atoms with van der Waals surface area (Å²) in [5, 5.41) is 31.2. The summed E-state index contributed by atoms with van der Waals surface area (Å²) in [4.78, 5) is 54.8. The Hall–Kier alpha value is -5.01. The lowest BCUT2D eigenvalue weighted by Gasteiger charge is -2.50. The van der Waals surface area contributed by atoms with Crippen molar-refractivity contribution in [2.24, 2.45) is 17.8 Å². The largest absolute Gasteiger partial charge is 0.508 e. The van der Waals surface area contributed by atoms with Crippen LogP contribution in [0.4, 0.5) is 15.8 Å². The minimum atomic E-state index is -2.24. The molecule has 268 valence electrons. The molecule has 3 fully saturated rings. The van der Waals surface area contributed by atoms with Crippen molar-refractivity contribution in [3.8, 4) is 11.5 Å². The first-order valence-corrected chi connectivity index (χ1v) is 17.7. The van der Waals surface area contributed by atoms with Crippen LogP contribution in [0.1, 0.15) is 29.9 Å². The van der Waals surface area contributed by atoms with Crippen LogP contribution in [-0.2, 0) is 25.8 Å². The van der Waals surface area contributed by atoms with Gasteiger partial charge in [-0.2, -0.15) is 0 Å². The van der Waals surface area contributed by atoms with E-state index < -0.39 is 70.0 Å². The Labute approximate surface area is 313 Å². The molecule has 4 aromatic rings. The van der Waals surface area contributed by atoms with E-state index in [1.807, 2.05) is 30.3 Å². The Balaban J connectivity index is 1.24. The summed E-state index contributed by atoms with van der Waals surface area (Å²) in [6.45, 7) is 0.204. The fraction of sp³-hybridized carbons (Fsp3) is 0.231. The van der Waals surface area contributed by atoms with Crippen LogP contribution >= 0.6 is 23.2 Å². The predicted octanol–water partition coefficient (Wildman–Crippen LogP) is 4.56. The molecular weight excluding hydrogens is 725 g/mol. The highest BCUT2D eigenvalue weighted by Crippen LogP contribution is 2.66. The first-order chi connectivity index (χ1) is 25.3. The van der Waals surface area contributed by atoms with Crippen LogP contribution in [0.2, 0.25) is 0 Å². The van der Waals surface area contributed by atoms with Crippen LogP contribution in [0.3, 0.4) is 0 Å². The highest BCUT2D eigenvalue weighted by Gasteiger charge is 2.77. The summed E-state index contributed by atoms with van der Waals surface area (Å²) >= 11 is 14.8. The molecule has 2 aliphatic carbocycles. The number of rotatable bonds is 7. The number of nitrogens with zero attached hydrogens (tertiary/aromatic N) is 2. The molecule has 0 aromatic heterocycles. The van der Waals surface area contributed by atoms with Crippen LogP contribution in [-0.4, -0.2) is 55.7 Å². The van der Waals surface area contributed by atoms with Crippen molar-refractivity contribution in [3.05, 3.63) is 126 Å². The van der Waals surface area contributed by atoms with Crippen molar-refractivity contribution >= 4 is 70.8 Å². The van der Waals surface area contributed by atoms with E-state index in [0.29, 0.717) is 11.3 Å². The first-order valence-electron chi connectivity index (χ1n) is 16.9. The van der Waals surface area contributed by atoms with E-state index in [9.17, 15) is 38.7 Å². The summed E-state index contributed by atoms with van der Waals surface area (Å²) in [6.07, 6.45) is 1.49. The Morgan fingerprint density at radius 2 is 1.55 bits per heavy atom. The van der Waals surface area contributed by atoms with Gasteiger partial charge in [-0.25, -0.2) is 9.29 Å². The van der Waals surface area contributed by atoms with E-state index >= 15 is 0 Å². The number of aromatic hydroxyl groups is 1. The molecule has 0 unspecified atom stereocenters. The molecule has 4 aliphatic rings. The third-order valence-corrected chi connectivity index (χ3v) is 12.3. The second-order valence-electron chi connectivity index (χ2n) is 13.7. The molecule has 2 aliphatic heterocycles. The van der Waals surface area contributed by atoms with E-state index in [1.165, 1.54) is 48.5 Å². The molecule has 2 saturated heterocycles. The molecule has 3 N–H and O–H groups in total. The molecular formula is C39H30BCl2FN2O8. The number of phenols is 1. The number of fused-ring (bicyclic) bond motifs is 4. The zero-order chi connectivity index (χ0) is 37.4. The molecule has 0 spiro atoms. The number of anilines is 2. The Kier molecular flexibility index (Phi) is 8.49. The topological polar surface area (TPSA) is 145 Å². The second kappa shape index (κ2) is 12.8. The van der Waals surface area contributed by atoms with Gasteiger partial charge >= 0.3 is 7.12 Å². The van der Waals surface area contributed by atoms with E-state index in [1.54, 1.807) is 12.1 Å². The maximum Gasteiger partial charge on any atom is 0.488 e. The molecule has 10 nitrogen and oxygen atoms in total. The lowest BCUT2D eigenvalue weighted by molar-refractivity contribution is -0.125. The minimum Gasteiger partial charge on any atom is -0.508 e. The van der Waals surface area contributed by atoms with E-state index in [0.717, 1.165) is 27.5 Å². The van der Waals surface area contributed by atoms with Gasteiger partial charge < -0.3 is 19.9 Å². The maximum atomic E-state index is 14.6. The van der Waals surface area contributed by atoms with Gasteiger partial charge in [-0.3, -0.25) is 24.1 Å². The average molecular weight is 755 g/mol. The third kappa shape index (κ3) is 5.30. The molecule has 53 heavy (non-hydrogen) atoms. The normalized spacial score (nSPS) is 27.7. The van der Waals surface area contributed by atoms with E-state index in [2.05, 4.69) is 0 Å². The van der Waals surface area contributed by atoms with E-state index in [4.69, 9.17) is 27.9 Å². The second-order valence-corrected chi connectivity index (χ2v) is 15.0. The van der Waals surface area contributed by atoms with Gasteiger partial charge in [0.1, 0.15) is 23.9 Å². The van der Waals surface area contributed by atoms with Crippen LogP contribution in [0.15, 0.2) is 109 Å². The van der Waals surface area contributed by atoms with Gasteiger partial charge in [0, 0.05) is 17.5 Å². The number of phenolic OH excluding ortho intramolecular Hbond substituents is 1. The van der Waals surface area contributed by atoms with Gasteiger partial charge in [-0.15, -0.1) is 23.2 Å². The number of carbonyl (C=O) groups is 4. The van der Waals surface area contributed by atoms with Crippen molar-refractivity contribution in [3.63, 3.8) is 0 Å². The number of halogens is 3. The number of imide groups is 2. The molecule has 1 saturated carbocycles. The SMILES string of the molecule is O=C1[C@H]2[C@H](CC=C3[C@H]2C[C@@]2(Cl)C(=O)N(c4ccc(F)cc4)C(=O)[C@@]2(Cl)[C@H]3c2ccc(OCc3ccccc3)cc2O)C(=O)N1c1cccc(B(O)O)c1. The average Bonchev–Trinajstić information content (AvgIpc) is 3.49. The zero-order valence-electron chi connectivity index (χ0n) is 27.7. The van der Waals surface area contributed by atoms with Crippen LogP contribution < -0.4 is 20.0 Å². The third-order valence-electron chi connectivity index (χ3n) is 10.9. The molecule has 2 heterocycles. The number of ether oxygens (including phenoxy) is 1. The van der Waals surface area contributed by atoms with Gasteiger partial charge in [-0.05, 0) is 72.3 Å². The minimum absolute atomic E-state index is 0.0301. The number of allylic oxidation sites excluding steroid dienone is 2. The number of benzene rings is 4. The lowest BCUT2D eigenvalue weighted by Crippen LogP contribution is -2.60. The summed E-state index contributed by atoms with van der Waals surface area (Å²) in [7, 11) is -1.84. The van der Waals surface area contributed by atoms with Crippen LogP contribution in [0.25, 0.3) is 0 Å². The summed E-state index contributed by atoms with van der Waals surface area (Å²) in [5.41, 5.74) is 1.73. The number of carbonyl (C=O) groups excluding carboxylic acids is 4. The van der Waals surface area contributed by atoms with Crippen molar-refractivity contribution in [2.75, 3.05) is 9.80 Å². The quantitative estimate of drug-likeness (QED) is 0.108. The van der Waals surface area contributed by atoms with Gasteiger partial charge in [0.25, 0.3) is 11.8 Å². The molecule has 4 aromatic carbocycles. The zero-order valence-corrected chi connectivity index (χ0v) is 29.2. The van der Waals surface area contributed by atoms with Crippen molar-refractivity contribution in [2.45, 2.75) is 35.1 Å². The highest BCUT2D eigenvalue weighted by atomic mass is 35.5. The van der Waals surface area contributed by atoms with Gasteiger partial charge in [0.05, 0.1) is 23.2 Å². The number of hydrogen-bond donors (Lipinski definition) is 3. The Morgan fingerprint density at radius 1 is 0.811 bits per heavy atom. The monoisotopic (exact) mass is 754 g/mol. The number of alkyl halides is 2. The van der Waals surface area contributed by atoms with Gasteiger partial charge in [0.2, 0.25) is 11.8 Å². The molecule has 8 rings (SSSR count). The standard InChI is InChI=1S/C39H30BCl2FN2O8/c41-38-19-30-27(15-16-29-32(30)35(48)44(34(29)47)25-8-4-7-22(17-25)40(51)52)33(28-14-13-26(18-31(28)46)53-20-21-5-2-1-3-6-21)39(38,42)37(50)45(36(38)49)24-11-9-23(43)10-12-24/h1-15,17-18,29-30,32-33,46,51-52H,16,19-20H2/t29-,30+,32-,33+,38+,39-/m0/s1. The molecule has 6 atom stereocenters. The lowest BCUT2D eigenvalue weighted by atomic mass is 9.56. The van der Waals surface area contributed by atoms with Crippen molar-refractivity contribution in [1.82, 2.24) is 0 Å². The molecule has 0 bridgehead atoms. The smallest absolute Gasteiger partial charge is 0.488 e. The predicted molar refractivity (Wildman–Crippen MR) is 194 cm³/mol. The molecule has 14 heteroatoms. The van der Waals surface area contributed by atoms with E-state index in [-0.39, 0.29) is 47.6 Å². The van der Waals surface area contributed by atoms with Crippen LogP contribution in [0.5, 0.6) is 11.5 Å². The van der Waals surface area contributed by atoms with Crippen molar-refractivity contribution < 1.29 is 43.5 Å². The van der Waals surface area contributed by atoms with Gasteiger partial charge in [0.15, 0.2) is 9.75 Å². The fourth-order valence-electron chi connectivity index (χ4n) is 8.42. The summed E-state index contributed by atoms with van der Waals surface area (Å²) in [6, 6.07) is 24.3. The maximum absolute atomic E-state index is 14.6. The molecule has 4 amide bonds. The Morgan fingerprint density at radius 3 is 2.25 bits per heavy atom.